The molecular formula is C20H22N2O6. The minimum atomic E-state index is -0.649. The third-order valence-corrected chi connectivity index (χ3v) is 4.28. The fraction of sp³-hybridized carbons (Fsp3) is 0.300. The molecule has 2 aromatic heterocycles. The molecule has 0 atom stereocenters. The highest BCUT2D eigenvalue weighted by molar-refractivity contribution is 6.17. The van der Waals surface area contributed by atoms with E-state index in [0.717, 1.165) is 0 Å². The van der Waals surface area contributed by atoms with Crippen LogP contribution in [0.4, 0.5) is 0 Å². The van der Waals surface area contributed by atoms with Gasteiger partial charge >= 0.3 is 11.9 Å². The predicted octanol–water partition coefficient (Wildman–Crippen LogP) is 2.81. The largest absolute Gasteiger partial charge is 0.511 e. The number of carbonyl (C=O) groups is 2. The first-order valence-electron chi connectivity index (χ1n) is 8.99. The van der Waals surface area contributed by atoms with E-state index in [9.17, 15) is 19.8 Å². The van der Waals surface area contributed by atoms with Gasteiger partial charge in [0.15, 0.2) is 0 Å². The van der Waals surface area contributed by atoms with Crippen LogP contribution in [0.25, 0.3) is 11.1 Å². The molecule has 1 aliphatic heterocycles. The van der Waals surface area contributed by atoms with Gasteiger partial charge in [0.05, 0.1) is 24.6 Å². The van der Waals surface area contributed by atoms with Crippen LogP contribution in [-0.4, -0.2) is 45.3 Å². The number of hydrogen-bond donors (Lipinski definition) is 4. The van der Waals surface area contributed by atoms with Gasteiger partial charge in [-0.2, -0.15) is 0 Å². The molecule has 0 saturated carbocycles. The third kappa shape index (κ3) is 3.80. The number of rotatable bonds is 4. The van der Waals surface area contributed by atoms with Gasteiger partial charge in [-0.1, -0.05) is 0 Å². The van der Waals surface area contributed by atoms with E-state index in [1.54, 1.807) is 38.1 Å². The van der Waals surface area contributed by atoms with Crippen molar-refractivity contribution in [2.24, 2.45) is 0 Å². The van der Waals surface area contributed by atoms with Crippen molar-refractivity contribution >= 4 is 23.1 Å². The molecule has 4 N–H and O–H groups in total. The highest BCUT2D eigenvalue weighted by Gasteiger charge is 2.25. The van der Waals surface area contributed by atoms with Gasteiger partial charge in [0.1, 0.15) is 22.7 Å². The van der Waals surface area contributed by atoms with Crippen molar-refractivity contribution in [2.75, 3.05) is 13.2 Å². The summed E-state index contributed by atoms with van der Waals surface area (Å²) in [6, 6.07) is 6.56. The summed E-state index contributed by atoms with van der Waals surface area (Å²) >= 11 is 0. The van der Waals surface area contributed by atoms with Gasteiger partial charge in [0, 0.05) is 24.2 Å². The Morgan fingerprint density at radius 2 is 1.21 bits per heavy atom. The standard InChI is InChI=1S/C20H22N2O6/c1-3-27-19(25)17-13-7-5-12(21-13)10-16(24)18(20(26)28-4-2)14-8-6-11(22-14)9-15(17)23/h5-8,21-24H,3-4,9-10H2,1-2H3/b17-15-,18-16-. The Morgan fingerprint density at radius 1 is 0.821 bits per heavy atom. The summed E-state index contributed by atoms with van der Waals surface area (Å²) in [6.07, 6.45) is 0.0265. The molecule has 0 unspecified atom stereocenters. The Balaban J connectivity index is 2.13. The number of fused-ring (bicyclic) bond motifs is 4. The van der Waals surface area contributed by atoms with E-state index in [2.05, 4.69) is 9.97 Å². The van der Waals surface area contributed by atoms with Crippen molar-refractivity contribution in [3.05, 3.63) is 58.6 Å². The van der Waals surface area contributed by atoms with Crippen LogP contribution in [0.2, 0.25) is 0 Å². The lowest BCUT2D eigenvalue weighted by molar-refractivity contribution is -0.137. The highest BCUT2D eigenvalue weighted by Crippen LogP contribution is 2.27. The minimum absolute atomic E-state index is 0.0133. The van der Waals surface area contributed by atoms with Crippen molar-refractivity contribution in [1.82, 2.24) is 9.97 Å². The topological polar surface area (TPSA) is 125 Å². The molecule has 8 nitrogen and oxygen atoms in total. The molecule has 0 aromatic carbocycles. The first-order chi connectivity index (χ1) is 13.4. The zero-order chi connectivity index (χ0) is 20.3. The normalized spacial score (nSPS) is 19.5. The van der Waals surface area contributed by atoms with Crippen LogP contribution in [0.5, 0.6) is 0 Å². The molecule has 28 heavy (non-hydrogen) atoms. The molecule has 0 spiro atoms. The van der Waals surface area contributed by atoms with Crippen LogP contribution in [0.3, 0.4) is 0 Å². The molecule has 0 saturated heterocycles. The monoisotopic (exact) mass is 386 g/mol. The second-order valence-corrected chi connectivity index (χ2v) is 6.23. The molecule has 0 radical (unpaired) electrons. The van der Waals surface area contributed by atoms with Gasteiger partial charge in [-0.15, -0.1) is 0 Å². The van der Waals surface area contributed by atoms with Gasteiger partial charge in [-0.3, -0.25) is 0 Å². The van der Waals surface area contributed by atoms with Crippen LogP contribution in [0.15, 0.2) is 35.8 Å². The average Bonchev–Trinajstić information content (AvgIpc) is 3.25. The molecule has 4 bridgehead atoms. The lowest BCUT2D eigenvalue weighted by Gasteiger charge is -2.11. The summed E-state index contributed by atoms with van der Waals surface area (Å²) in [5, 5.41) is 21.2. The van der Waals surface area contributed by atoms with Gasteiger partial charge in [-0.25, -0.2) is 9.59 Å². The third-order valence-electron chi connectivity index (χ3n) is 4.28. The van der Waals surface area contributed by atoms with Crippen molar-refractivity contribution in [3.8, 4) is 0 Å². The Bertz CT molecular complexity index is 885. The zero-order valence-electron chi connectivity index (χ0n) is 15.7. The van der Waals surface area contributed by atoms with E-state index in [0.29, 0.717) is 22.8 Å². The Labute approximate surface area is 161 Å². The number of nitrogens with one attached hydrogen (secondary N) is 2. The van der Waals surface area contributed by atoms with Crippen LogP contribution in [0.1, 0.15) is 36.6 Å². The summed E-state index contributed by atoms with van der Waals surface area (Å²) in [5.74, 6) is -1.65. The Morgan fingerprint density at radius 3 is 1.57 bits per heavy atom. The maximum absolute atomic E-state index is 12.4. The molecule has 3 rings (SSSR count). The van der Waals surface area contributed by atoms with Crippen molar-refractivity contribution in [2.45, 2.75) is 26.7 Å². The van der Waals surface area contributed by atoms with Crippen LogP contribution in [-0.2, 0) is 31.9 Å². The maximum atomic E-state index is 12.4. The van der Waals surface area contributed by atoms with Crippen molar-refractivity contribution < 1.29 is 29.3 Å². The minimum Gasteiger partial charge on any atom is -0.511 e. The Hall–Kier alpha value is -3.42. The quantitative estimate of drug-likeness (QED) is 0.599. The molecule has 0 fully saturated rings. The van der Waals surface area contributed by atoms with Gasteiger partial charge in [-0.05, 0) is 38.1 Å². The Kier molecular flexibility index (Phi) is 5.58. The smallest absolute Gasteiger partial charge is 0.343 e. The van der Waals surface area contributed by atoms with E-state index >= 15 is 0 Å². The molecule has 0 aliphatic carbocycles. The molecular weight excluding hydrogens is 364 g/mol. The number of H-pyrrole nitrogens is 2. The van der Waals surface area contributed by atoms with Crippen LogP contribution >= 0.6 is 0 Å². The summed E-state index contributed by atoms with van der Waals surface area (Å²) in [5.41, 5.74) is 1.89. The number of ether oxygens (including phenoxy) is 2. The average molecular weight is 386 g/mol. The molecule has 8 heteroatoms. The second-order valence-electron chi connectivity index (χ2n) is 6.23. The second kappa shape index (κ2) is 8.08. The number of esters is 2. The molecule has 0 amide bonds. The van der Waals surface area contributed by atoms with E-state index < -0.39 is 11.9 Å². The van der Waals surface area contributed by atoms with E-state index in [1.165, 1.54) is 0 Å². The SMILES string of the molecule is CCOC(=O)/C1=C(\O)Cc2ccc([nH]2)/C(C(=O)OCC)=C(/O)Cc2ccc1[nH]2. The summed E-state index contributed by atoms with van der Waals surface area (Å²) in [7, 11) is 0. The maximum Gasteiger partial charge on any atom is 0.343 e. The lowest BCUT2D eigenvalue weighted by Crippen LogP contribution is -2.13. The molecule has 148 valence electrons. The summed E-state index contributed by atoms with van der Waals surface area (Å²) in [6.45, 7) is 3.70. The van der Waals surface area contributed by atoms with Crippen molar-refractivity contribution in [1.29, 1.82) is 0 Å². The van der Waals surface area contributed by atoms with Gasteiger partial charge < -0.3 is 29.7 Å². The first-order valence-corrected chi connectivity index (χ1v) is 8.99. The zero-order valence-corrected chi connectivity index (χ0v) is 15.7. The number of aliphatic hydroxyl groups is 2. The molecule has 3 heterocycles. The molecule has 2 aromatic rings. The number of carbonyl (C=O) groups excluding carboxylic acids is 2. The lowest BCUT2D eigenvalue weighted by atomic mass is 10.1. The van der Waals surface area contributed by atoms with Crippen LogP contribution < -0.4 is 0 Å². The van der Waals surface area contributed by atoms with Gasteiger partial charge in [0.25, 0.3) is 0 Å². The van der Waals surface area contributed by atoms with Crippen LogP contribution in [0, 0.1) is 0 Å². The number of aromatic amines is 2. The fourth-order valence-corrected chi connectivity index (χ4v) is 3.09. The van der Waals surface area contributed by atoms with E-state index in [1.807, 2.05) is 0 Å². The van der Waals surface area contributed by atoms with Gasteiger partial charge in [0.2, 0.25) is 0 Å². The number of hydrogen-bond acceptors (Lipinski definition) is 6. The number of aromatic nitrogens is 2. The highest BCUT2D eigenvalue weighted by atomic mass is 16.5. The van der Waals surface area contributed by atoms with Crippen molar-refractivity contribution in [3.63, 3.8) is 0 Å². The predicted molar refractivity (Wildman–Crippen MR) is 101 cm³/mol. The fourth-order valence-electron chi connectivity index (χ4n) is 3.09. The van der Waals surface area contributed by atoms with E-state index in [-0.39, 0.29) is 48.7 Å². The number of allylic oxidation sites excluding steroid dienone is 2. The van der Waals surface area contributed by atoms with E-state index in [4.69, 9.17) is 9.47 Å². The molecule has 1 aliphatic rings. The first kappa shape index (κ1) is 19.3. The summed E-state index contributed by atoms with van der Waals surface area (Å²) in [4.78, 5) is 30.8. The number of aliphatic hydroxyl groups excluding tert-OH is 2. The summed E-state index contributed by atoms with van der Waals surface area (Å²) < 4.78 is 10.1.